The number of nitrogens with zero attached hydrogens (tertiary/aromatic N) is 3. The van der Waals surface area contributed by atoms with Gasteiger partial charge in [0.2, 0.25) is 0 Å². The predicted molar refractivity (Wildman–Crippen MR) is 73.5 cm³/mol. The number of hydrogen-bond acceptors (Lipinski definition) is 3. The van der Waals surface area contributed by atoms with Gasteiger partial charge in [-0.1, -0.05) is 36.7 Å². The van der Waals surface area contributed by atoms with Gasteiger partial charge < -0.3 is 4.90 Å². The van der Waals surface area contributed by atoms with Gasteiger partial charge in [-0.15, -0.1) is 0 Å². The van der Waals surface area contributed by atoms with Crippen LogP contribution in [0.5, 0.6) is 0 Å². The molecule has 0 N–H and O–H groups in total. The fourth-order valence-electron chi connectivity index (χ4n) is 2.45. The molecular formula is C14H14ClN3. The summed E-state index contributed by atoms with van der Waals surface area (Å²) in [4.78, 5) is 10.7. The second kappa shape index (κ2) is 4.58. The maximum atomic E-state index is 5.92. The lowest BCUT2D eigenvalue weighted by molar-refractivity contribution is 0.646. The second-order valence-corrected chi connectivity index (χ2v) is 4.99. The van der Waals surface area contributed by atoms with Crippen molar-refractivity contribution in [3.05, 3.63) is 47.4 Å². The second-order valence-electron chi connectivity index (χ2n) is 4.60. The maximum Gasteiger partial charge on any atom is 0.153 e. The van der Waals surface area contributed by atoms with Crippen LogP contribution < -0.4 is 4.90 Å². The molecule has 1 aliphatic heterocycles. The van der Waals surface area contributed by atoms with Gasteiger partial charge in [-0.3, -0.25) is 4.98 Å². The molecular weight excluding hydrogens is 246 g/mol. The van der Waals surface area contributed by atoms with Gasteiger partial charge >= 0.3 is 0 Å². The Morgan fingerprint density at radius 3 is 2.94 bits per heavy atom. The Balaban J connectivity index is 2.07. The molecule has 2 heterocycles. The Kier molecular flexibility index (Phi) is 2.92. The largest absolute Gasteiger partial charge is 0.325 e. The fourth-order valence-corrected chi connectivity index (χ4v) is 2.59. The van der Waals surface area contributed by atoms with Crippen molar-refractivity contribution >= 4 is 23.1 Å². The molecule has 2 aromatic rings. The van der Waals surface area contributed by atoms with Crippen LogP contribution >= 0.6 is 11.6 Å². The Labute approximate surface area is 111 Å². The summed E-state index contributed by atoms with van der Waals surface area (Å²) >= 11 is 5.92. The summed E-state index contributed by atoms with van der Waals surface area (Å²) in [7, 11) is 0. The Morgan fingerprint density at radius 1 is 1.28 bits per heavy atom. The van der Waals surface area contributed by atoms with E-state index < -0.39 is 0 Å². The number of halogens is 1. The van der Waals surface area contributed by atoms with Crippen molar-refractivity contribution < 1.29 is 0 Å². The van der Waals surface area contributed by atoms with Crippen LogP contribution in [0, 0.1) is 0 Å². The third kappa shape index (κ3) is 1.95. The highest BCUT2D eigenvalue weighted by Crippen LogP contribution is 2.38. The molecule has 92 valence electrons. The lowest BCUT2D eigenvalue weighted by Gasteiger charge is -2.33. The van der Waals surface area contributed by atoms with E-state index in [0.29, 0.717) is 11.1 Å². The predicted octanol–water partition coefficient (Wildman–Crippen LogP) is 3.78. The van der Waals surface area contributed by atoms with Crippen molar-refractivity contribution in [3.63, 3.8) is 0 Å². The lowest BCUT2D eigenvalue weighted by Crippen LogP contribution is -2.26. The molecule has 1 atom stereocenters. The van der Waals surface area contributed by atoms with Crippen molar-refractivity contribution in [1.82, 2.24) is 9.97 Å². The molecule has 1 unspecified atom stereocenters. The van der Waals surface area contributed by atoms with Crippen molar-refractivity contribution in [2.75, 3.05) is 11.4 Å². The first kappa shape index (κ1) is 11.5. The van der Waals surface area contributed by atoms with E-state index in [2.05, 4.69) is 46.1 Å². The highest BCUT2D eigenvalue weighted by molar-refractivity contribution is 6.29. The Hall–Kier alpha value is -1.61. The third-order valence-corrected chi connectivity index (χ3v) is 3.60. The average molecular weight is 260 g/mol. The molecule has 18 heavy (non-hydrogen) atoms. The number of anilines is 2. The Morgan fingerprint density at radius 2 is 2.11 bits per heavy atom. The third-order valence-electron chi connectivity index (χ3n) is 3.41. The van der Waals surface area contributed by atoms with Gasteiger partial charge in [-0.25, -0.2) is 4.98 Å². The summed E-state index contributed by atoms with van der Waals surface area (Å²) in [6, 6.07) is 8.46. The molecule has 1 aromatic heterocycles. The van der Waals surface area contributed by atoms with Gasteiger partial charge in [0.15, 0.2) is 5.82 Å². The van der Waals surface area contributed by atoms with Crippen LogP contribution in [0.15, 0.2) is 36.7 Å². The van der Waals surface area contributed by atoms with Crippen molar-refractivity contribution in [1.29, 1.82) is 0 Å². The first-order valence-corrected chi connectivity index (χ1v) is 6.47. The van der Waals surface area contributed by atoms with E-state index in [1.165, 1.54) is 11.3 Å². The Bertz CT molecular complexity index is 570. The van der Waals surface area contributed by atoms with Gasteiger partial charge in [0, 0.05) is 12.2 Å². The maximum absolute atomic E-state index is 5.92. The van der Waals surface area contributed by atoms with E-state index >= 15 is 0 Å². The van der Waals surface area contributed by atoms with Gasteiger partial charge in [0.1, 0.15) is 5.15 Å². The minimum absolute atomic E-state index is 0.434. The molecule has 0 radical (unpaired) electrons. The quantitative estimate of drug-likeness (QED) is 0.781. The number of fused-ring (bicyclic) bond motifs is 1. The molecule has 0 saturated carbocycles. The van der Waals surface area contributed by atoms with E-state index in [0.717, 1.165) is 18.8 Å². The minimum atomic E-state index is 0.434. The lowest BCUT2D eigenvalue weighted by atomic mass is 9.91. The van der Waals surface area contributed by atoms with Crippen LogP contribution in [0.3, 0.4) is 0 Å². The molecule has 3 rings (SSSR count). The van der Waals surface area contributed by atoms with Crippen LogP contribution in [-0.4, -0.2) is 16.5 Å². The first-order valence-electron chi connectivity index (χ1n) is 6.10. The average Bonchev–Trinajstić information content (AvgIpc) is 2.39. The topological polar surface area (TPSA) is 29.0 Å². The molecule has 1 aromatic carbocycles. The molecule has 4 heteroatoms. The molecule has 0 saturated heterocycles. The van der Waals surface area contributed by atoms with E-state index in [-0.39, 0.29) is 0 Å². The van der Waals surface area contributed by atoms with Crippen LogP contribution in [0.25, 0.3) is 0 Å². The normalized spacial score (nSPS) is 18.6. The molecule has 1 aliphatic rings. The first-order chi connectivity index (χ1) is 8.75. The summed E-state index contributed by atoms with van der Waals surface area (Å²) in [6.45, 7) is 3.22. The van der Waals surface area contributed by atoms with Gasteiger partial charge in [0.05, 0.1) is 12.4 Å². The zero-order valence-electron chi connectivity index (χ0n) is 10.2. The SMILES string of the molecule is CC1CCN(c2cncc(Cl)n2)c2ccccc21. The number of hydrogen-bond donors (Lipinski definition) is 0. The van der Waals surface area contributed by atoms with Gasteiger partial charge in [0.25, 0.3) is 0 Å². The zero-order chi connectivity index (χ0) is 12.5. The fraction of sp³-hybridized carbons (Fsp3) is 0.286. The standard InChI is InChI=1S/C14H14ClN3/c1-10-6-7-18(12-5-3-2-4-11(10)12)14-9-16-8-13(15)17-14/h2-5,8-10H,6-7H2,1H3. The van der Waals surface area contributed by atoms with Gasteiger partial charge in [-0.05, 0) is 24.0 Å². The van der Waals surface area contributed by atoms with Gasteiger partial charge in [-0.2, -0.15) is 0 Å². The highest BCUT2D eigenvalue weighted by atomic mass is 35.5. The summed E-state index contributed by atoms with van der Waals surface area (Å²) in [6.07, 6.45) is 4.44. The van der Waals surface area contributed by atoms with E-state index in [4.69, 9.17) is 11.6 Å². The summed E-state index contributed by atoms with van der Waals surface area (Å²) < 4.78 is 0. The monoisotopic (exact) mass is 259 g/mol. The summed E-state index contributed by atoms with van der Waals surface area (Å²) in [5.74, 6) is 1.41. The van der Waals surface area contributed by atoms with E-state index in [1.807, 2.05) is 0 Å². The zero-order valence-corrected chi connectivity index (χ0v) is 10.9. The number of rotatable bonds is 1. The molecule has 0 fully saturated rings. The number of aromatic nitrogens is 2. The summed E-state index contributed by atoms with van der Waals surface area (Å²) in [5.41, 5.74) is 2.58. The van der Waals surface area contributed by atoms with Crippen LogP contribution in [-0.2, 0) is 0 Å². The van der Waals surface area contributed by atoms with Crippen molar-refractivity contribution in [2.24, 2.45) is 0 Å². The van der Waals surface area contributed by atoms with E-state index in [9.17, 15) is 0 Å². The number of para-hydroxylation sites is 1. The smallest absolute Gasteiger partial charge is 0.153 e. The van der Waals surface area contributed by atoms with Crippen LogP contribution in [0.2, 0.25) is 5.15 Å². The van der Waals surface area contributed by atoms with Crippen LogP contribution in [0.1, 0.15) is 24.8 Å². The molecule has 0 spiro atoms. The highest BCUT2D eigenvalue weighted by Gasteiger charge is 2.23. The van der Waals surface area contributed by atoms with E-state index in [1.54, 1.807) is 12.4 Å². The molecule has 3 nitrogen and oxygen atoms in total. The van der Waals surface area contributed by atoms with Crippen molar-refractivity contribution in [3.8, 4) is 0 Å². The summed E-state index contributed by atoms with van der Waals surface area (Å²) in [5, 5.41) is 0.434. The van der Waals surface area contributed by atoms with Crippen molar-refractivity contribution in [2.45, 2.75) is 19.3 Å². The van der Waals surface area contributed by atoms with Crippen LogP contribution in [0.4, 0.5) is 11.5 Å². The molecule has 0 amide bonds. The minimum Gasteiger partial charge on any atom is -0.325 e. The molecule has 0 aliphatic carbocycles. The molecule has 0 bridgehead atoms. The number of benzene rings is 1.